The molecule has 0 aliphatic carbocycles. The molecule has 3 aromatic rings. The lowest BCUT2D eigenvalue weighted by atomic mass is 10.0. The number of aryl methyl sites for hydroxylation is 2. The second kappa shape index (κ2) is 7.55. The SMILES string of the molecule is Cc1ccc(NC2=C(c3ccc(F)cc3)C(=O)N(c3ccc(F)cc3)C2=O)cc1C. The third kappa shape index (κ3) is 3.48. The molecular weight excluding hydrogens is 386 g/mol. The summed E-state index contributed by atoms with van der Waals surface area (Å²) in [7, 11) is 0. The van der Waals surface area contributed by atoms with Gasteiger partial charge in [0.05, 0.1) is 11.3 Å². The van der Waals surface area contributed by atoms with Gasteiger partial charge in [0.15, 0.2) is 0 Å². The molecule has 0 bridgehead atoms. The van der Waals surface area contributed by atoms with Gasteiger partial charge in [-0.1, -0.05) is 18.2 Å². The third-order valence-electron chi connectivity index (χ3n) is 5.08. The lowest BCUT2D eigenvalue weighted by Crippen LogP contribution is -2.32. The molecule has 6 heteroatoms. The molecule has 1 aliphatic heterocycles. The number of benzene rings is 3. The van der Waals surface area contributed by atoms with Gasteiger partial charge in [0.1, 0.15) is 17.3 Å². The van der Waals surface area contributed by atoms with Crippen molar-refractivity contribution in [2.45, 2.75) is 13.8 Å². The van der Waals surface area contributed by atoms with E-state index in [0.717, 1.165) is 16.0 Å². The summed E-state index contributed by atoms with van der Waals surface area (Å²) in [5.74, 6) is -2.05. The van der Waals surface area contributed by atoms with Gasteiger partial charge in [-0.2, -0.15) is 0 Å². The average molecular weight is 404 g/mol. The summed E-state index contributed by atoms with van der Waals surface area (Å²) in [5.41, 5.74) is 3.64. The first-order chi connectivity index (χ1) is 14.3. The Kier molecular flexibility index (Phi) is 4.91. The van der Waals surface area contributed by atoms with E-state index in [0.29, 0.717) is 11.3 Å². The van der Waals surface area contributed by atoms with Gasteiger partial charge in [-0.05, 0) is 79.1 Å². The van der Waals surface area contributed by atoms with Crippen LogP contribution in [-0.2, 0) is 9.59 Å². The Balaban J connectivity index is 1.82. The molecule has 1 aliphatic rings. The van der Waals surface area contributed by atoms with E-state index < -0.39 is 23.4 Å². The largest absolute Gasteiger partial charge is 0.350 e. The van der Waals surface area contributed by atoms with Crippen molar-refractivity contribution >= 4 is 28.8 Å². The number of hydrogen-bond acceptors (Lipinski definition) is 3. The fraction of sp³-hybridized carbons (Fsp3) is 0.0833. The molecule has 30 heavy (non-hydrogen) atoms. The van der Waals surface area contributed by atoms with E-state index >= 15 is 0 Å². The maximum Gasteiger partial charge on any atom is 0.282 e. The molecule has 0 atom stereocenters. The number of nitrogens with zero attached hydrogens (tertiary/aromatic N) is 1. The van der Waals surface area contributed by atoms with Crippen LogP contribution in [0.3, 0.4) is 0 Å². The minimum Gasteiger partial charge on any atom is -0.350 e. The standard InChI is InChI=1S/C24H18F2N2O2/c1-14-3-10-19(13-15(14)2)27-22-21(16-4-6-17(25)7-5-16)23(29)28(24(22)30)20-11-8-18(26)9-12-20/h3-13,27H,1-2H3. The molecule has 1 heterocycles. The summed E-state index contributed by atoms with van der Waals surface area (Å²) < 4.78 is 26.8. The number of carbonyl (C=O) groups excluding carboxylic acids is 2. The van der Waals surface area contributed by atoms with Crippen LogP contribution >= 0.6 is 0 Å². The average Bonchev–Trinajstić information content (AvgIpc) is 2.96. The van der Waals surface area contributed by atoms with Crippen LogP contribution in [0.4, 0.5) is 20.2 Å². The first-order valence-corrected chi connectivity index (χ1v) is 9.34. The Morgan fingerprint density at radius 1 is 0.733 bits per heavy atom. The van der Waals surface area contributed by atoms with Crippen molar-refractivity contribution in [1.29, 1.82) is 0 Å². The van der Waals surface area contributed by atoms with Crippen molar-refractivity contribution in [2.75, 3.05) is 10.2 Å². The van der Waals surface area contributed by atoms with Gasteiger partial charge in [-0.3, -0.25) is 9.59 Å². The first-order valence-electron chi connectivity index (χ1n) is 9.34. The second-order valence-electron chi connectivity index (χ2n) is 7.10. The van der Waals surface area contributed by atoms with Gasteiger partial charge in [0, 0.05) is 5.69 Å². The Bertz CT molecular complexity index is 1180. The molecule has 0 unspecified atom stereocenters. The highest BCUT2D eigenvalue weighted by Gasteiger charge is 2.40. The van der Waals surface area contributed by atoms with Crippen molar-refractivity contribution in [3.8, 4) is 0 Å². The van der Waals surface area contributed by atoms with Gasteiger partial charge < -0.3 is 5.32 Å². The monoisotopic (exact) mass is 404 g/mol. The van der Waals surface area contributed by atoms with Crippen molar-refractivity contribution in [1.82, 2.24) is 0 Å². The lowest BCUT2D eigenvalue weighted by molar-refractivity contribution is -0.120. The zero-order valence-electron chi connectivity index (χ0n) is 16.4. The summed E-state index contributed by atoms with van der Waals surface area (Å²) in [6.45, 7) is 3.92. The zero-order chi connectivity index (χ0) is 21.4. The summed E-state index contributed by atoms with van der Waals surface area (Å²) in [6.07, 6.45) is 0. The predicted molar refractivity (Wildman–Crippen MR) is 112 cm³/mol. The summed E-state index contributed by atoms with van der Waals surface area (Å²) >= 11 is 0. The molecule has 4 nitrogen and oxygen atoms in total. The van der Waals surface area contributed by atoms with Crippen LogP contribution in [0.5, 0.6) is 0 Å². The Labute approximate surface area is 172 Å². The number of carbonyl (C=O) groups is 2. The van der Waals surface area contributed by atoms with E-state index in [1.807, 2.05) is 32.0 Å². The number of rotatable bonds is 4. The predicted octanol–water partition coefficient (Wildman–Crippen LogP) is 4.98. The molecule has 0 radical (unpaired) electrons. The van der Waals surface area contributed by atoms with Crippen molar-refractivity contribution in [3.05, 3.63) is 101 Å². The molecule has 0 spiro atoms. The highest BCUT2D eigenvalue weighted by atomic mass is 19.1. The van der Waals surface area contributed by atoms with Gasteiger partial charge in [-0.25, -0.2) is 13.7 Å². The van der Waals surface area contributed by atoms with Crippen LogP contribution in [0.1, 0.15) is 16.7 Å². The van der Waals surface area contributed by atoms with Gasteiger partial charge >= 0.3 is 0 Å². The molecule has 0 fully saturated rings. The van der Waals surface area contributed by atoms with Gasteiger partial charge in [-0.15, -0.1) is 0 Å². The Morgan fingerprint density at radius 2 is 1.33 bits per heavy atom. The Morgan fingerprint density at radius 3 is 1.93 bits per heavy atom. The van der Waals surface area contributed by atoms with E-state index in [1.54, 1.807) is 0 Å². The van der Waals surface area contributed by atoms with Crippen LogP contribution in [0, 0.1) is 25.5 Å². The first kappa shape index (κ1) is 19.5. The number of anilines is 2. The van der Waals surface area contributed by atoms with Crippen LogP contribution in [0.2, 0.25) is 0 Å². The zero-order valence-corrected chi connectivity index (χ0v) is 16.4. The highest BCUT2D eigenvalue weighted by molar-refractivity contribution is 6.46. The quantitative estimate of drug-likeness (QED) is 0.624. The van der Waals surface area contributed by atoms with E-state index in [1.165, 1.54) is 48.5 Å². The maximum atomic E-state index is 13.4. The summed E-state index contributed by atoms with van der Waals surface area (Å²) in [4.78, 5) is 27.4. The molecule has 4 rings (SSSR count). The van der Waals surface area contributed by atoms with E-state index in [2.05, 4.69) is 5.32 Å². The van der Waals surface area contributed by atoms with Crippen LogP contribution in [0.25, 0.3) is 5.57 Å². The van der Waals surface area contributed by atoms with E-state index in [-0.39, 0.29) is 17.0 Å². The number of amides is 2. The van der Waals surface area contributed by atoms with E-state index in [4.69, 9.17) is 0 Å². The lowest BCUT2D eigenvalue weighted by Gasteiger charge is -2.15. The van der Waals surface area contributed by atoms with Gasteiger partial charge in [0.25, 0.3) is 11.8 Å². The molecule has 0 aromatic heterocycles. The minimum atomic E-state index is -0.566. The second-order valence-corrected chi connectivity index (χ2v) is 7.10. The number of nitrogens with one attached hydrogen (secondary N) is 1. The molecule has 0 saturated carbocycles. The molecule has 3 aromatic carbocycles. The smallest absolute Gasteiger partial charge is 0.282 e. The minimum absolute atomic E-state index is 0.0826. The third-order valence-corrected chi connectivity index (χ3v) is 5.08. The molecule has 0 saturated heterocycles. The van der Waals surface area contributed by atoms with Crippen LogP contribution in [-0.4, -0.2) is 11.8 Å². The van der Waals surface area contributed by atoms with Crippen molar-refractivity contribution in [3.63, 3.8) is 0 Å². The fourth-order valence-corrected chi connectivity index (χ4v) is 3.32. The molecule has 150 valence electrons. The van der Waals surface area contributed by atoms with Gasteiger partial charge in [0.2, 0.25) is 0 Å². The highest BCUT2D eigenvalue weighted by Crippen LogP contribution is 2.34. The van der Waals surface area contributed by atoms with Crippen LogP contribution < -0.4 is 10.2 Å². The summed E-state index contributed by atoms with van der Waals surface area (Å²) in [5, 5.41) is 3.06. The van der Waals surface area contributed by atoms with Crippen LogP contribution in [0.15, 0.2) is 72.4 Å². The van der Waals surface area contributed by atoms with Crippen molar-refractivity contribution < 1.29 is 18.4 Å². The van der Waals surface area contributed by atoms with Crippen molar-refractivity contribution in [2.24, 2.45) is 0 Å². The Hall–Kier alpha value is -3.80. The number of imide groups is 1. The topological polar surface area (TPSA) is 49.4 Å². The fourth-order valence-electron chi connectivity index (χ4n) is 3.32. The molecular formula is C24H18F2N2O2. The normalized spacial score (nSPS) is 13.9. The number of hydrogen-bond donors (Lipinski definition) is 1. The molecule has 1 N–H and O–H groups in total. The van der Waals surface area contributed by atoms with E-state index in [9.17, 15) is 18.4 Å². The number of halogens is 2. The maximum absolute atomic E-state index is 13.4. The summed E-state index contributed by atoms with van der Waals surface area (Å²) in [6, 6.07) is 16.1. The molecule has 2 amide bonds.